The summed E-state index contributed by atoms with van der Waals surface area (Å²) in [5.41, 5.74) is 6.83. The molecule has 0 saturated heterocycles. The molecular formula is C19H18F2N6. The van der Waals surface area contributed by atoms with Crippen LogP contribution in [0, 0.1) is 5.82 Å². The Labute approximate surface area is 154 Å². The van der Waals surface area contributed by atoms with Crippen LogP contribution in [0.2, 0.25) is 0 Å². The maximum Gasteiger partial charge on any atom is 0.222 e. The Morgan fingerprint density at radius 2 is 1.78 bits per heavy atom. The van der Waals surface area contributed by atoms with Crippen LogP contribution in [0.25, 0.3) is 11.1 Å². The molecule has 0 radical (unpaired) electrons. The molecule has 4 rings (SSSR count). The van der Waals surface area contributed by atoms with E-state index in [0.717, 1.165) is 11.1 Å². The third kappa shape index (κ3) is 3.42. The SMILES string of the molecule is Nc1ccc(-c2cnc(NC[C@]3(c4ncccc4F)C[C@H](F)C3)nc2)cn1. The number of hydrogen-bond acceptors (Lipinski definition) is 6. The van der Waals surface area contributed by atoms with Crippen LogP contribution in [0.5, 0.6) is 0 Å². The van der Waals surface area contributed by atoms with E-state index in [1.165, 1.54) is 18.3 Å². The second-order valence-electron chi connectivity index (χ2n) is 6.74. The molecular weight excluding hydrogens is 350 g/mol. The number of hydrogen-bond donors (Lipinski definition) is 2. The Morgan fingerprint density at radius 1 is 1.04 bits per heavy atom. The van der Waals surface area contributed by atoms with Gasteiger partial charge in [0, 0.05) is 47.9 Å². The summed E-state index contributed by atoms with van der Waals surface area (Å²) < 4.78 is 27.8. The van der Waals surface area contributed by atoms with Crippen molar-refractivity contribution in [2.45, 2.75) is 24.4 Å². The Bertz CT molecular complexity index is 924. The van der Waals surface area contributed by atoms with Gasteiger partial charge in [-0.05, 0) is 37.1 Å². The normalized spacial score (nSPS) is 21.5. The lowest BCUT2D eigenvalue weighted by atomic mass is 9.65. The second kappa shape index (κ2) is 6.86. The molecule has 3 aromatic heterocycles. The molecule has 8 heteroatoms. The number of rotatable bonds is 5. The van der Waals surface area contributed by atoms with Crippen LogP contribution in [-0.2, 0) is 5.41 Å². The molecule has 1 fully saturated rings. The van der Waals surface area contributed by atoms with Gasteiger partial charge in [-0.1, -0.05) is 0 Å². The van der Waals surface area contributed by atoms with E-state index < -0.39 is 17.4 Å². The first-order valence-electron chi connectivity index (χ1n) is 8.59. The molecule has 3 N–H and O–H groups in total. The van der Waals surface area contributed by atoms with Crippen molar-refractivity contribution in [3.8, 4) is 11.1 Å². The zero-order valence-electron chi connectivity index (χ0n) is 14.4. The molecule has 0 aromatic carbocycles. The van der Waals surface area contributed by atoms with Crippen LogP contribution in [0.1, 0.15) is 18.5 Å². The molecule has 3 heterocycles. The van der Waals surface area contributed by atoms with E-state index >= 15 is 0 Å². The third-order valence-electron chi connectivity index (χ3n) is 4.84. The summed E-state index contributed by atoms with van der Waals surface area (Å²) in [6.07, 6.45) is 6.00. The Morgan fingerprint density at radius 3 is 2.41 bits per heavy atom. The van der Waals surface area contributed by atoms with E-state index in [4.69, 9.17) is 5.73 Å². The highest BCUT2D eigenvalue weighted by Crippen LogP contribution is 2.45. The highest BCUT2D eigenvalue weighted by molar-refractivity contribution is 5.62. The van der Waals surface area contributed by atoms with E-state index in [-0.39, 0.29) is 18.5 Å². The summed E-state index contributed by atoms with van der Waals surface area (Å²) >= 11 is 0. The molecule has 1 aliphatic rings. The summed E-state index contributed by atoms with van der Waals surface area (Å²) in [4.78, 5) is 16.8. The zero-order valence-corrected chi connectivity index (χ0v) is 14.4. The Balaban J connectivity index is 1.49. The molecule has 0 aliphatic heterocycles. The van der Waals surface area contributed by atoms with Crippen molar-refractivity contribution in [3.63, 3.8) is 0 Å². The monoisotopic (exact) mass is 368 g/mol. The van der Waals surface area contributed by atoms with Crippen molar-refractivity contribution in [3.05, 3.63) is 60.6 Å². The van der Waals surface area contributed by atoms with Gasteiger partial charge in [0.2, 0.25) is 5.95 Å². The molecule has 0 bridgehead atoms. The average Bonchev–Trinajstić information content (AvgIpc) is 2.66. The predicted octanol–water partition coefficient (Wildman–Crippen LogP) is 3.14. The van der Waals surface area contributed by atoms with Gasteiger partial charge >= 0.3 is 0 Å². The van der Waals surface area contributed by atoms with Gasteiger partial charge in [-0.15, -0.1) is 0 Å². The molecule has 0 spiro atoms. The van der Waals surface area contributed by atoms with Crippen LogP contribution in [0.4, 0.5) is 20.5 Å². The lowest BCUT2D eigenvalue weighted by Gasteiger charge is -2.43. The Kier molecular flexibility index (Phi) is 4.39. The van der Waals surface area contributed by atoms with Gasteiger partial charge in [0.1, 0.15) is 17.8 Å². The van der Waals surface area contributed by atoms with E-state index in [0.29, 0.717) is 18.3 Å². The number of nitrogen functional groups attached to an aromatic ring is 1. The first kappa shape index (κ1) is 17.3. The highest BCUT2D eigenvalue weighted by atomic mass is 19.1. The lowest BCUT2D eigenvalue weighted by molar-refractivity contribution is 0.0963. The van der Waals surface area contributed by atoms with Gasteiger partial charge in [-0.3, -0.25) is 4.98 Å². The van der Waals surface area contributed by atoms with Gasteiger partial charge in [-0.25, -0.2) is 23.7 Å². The topological polar surface area (TPSA) is 89.6 Å². The number of nitrogens with one attached hydrogen (secondary N) is 1. The quantitative estimate of drug-likeness (QED) is 0.719. The smallest absolute Gasteiger partial charge is 0.222 e. The fourth-order valence-electron chi connectivity index (χ4n) is 3.38. The standard InChI is InChI=1S/C19H18F2N6/c20-14-6-19(7-14,17-15(21)2-1-5-23-17)11-27-18-25-9-13(10-26-18)12-3-4-16(22)24-8-12/h1-5,8-10,14H,6-7,11H2,(H2,22,24)(H,25,26,27)/t14-,19-. The molecule has 1 saturated carbocycles. The minimum atomic E-state index is -0.950. The van der Waals surface area contributed by atoms with E-state index in [9.17, 15) is 8.78 Å². The minimum absolute atomic E-state index is 0.225. The molecule has 0 amide bonds. The summed E-state index contributed by atoms with van der Waals surface area (Å²) in [7, 11) is 0. The number of alkyl halides is 1. The van der Waals surface area contributed by atoms with Crippen LogP contribution in [0.3, 0.4) is 0 Å². The van der Waals surface area contributed by atoms with Gasteiger partial charge in [0.15, 0.2) is 0 Å². The van der Waals surface area contributed by atoms with E-state index in [1.54, 1.807) is 24.7 Å². The summed E-state index contributed by atoms with van der Waals surface area (Å²) in [6.45, 7) is 0.310. The predicted molar refractivity (Wildman–Crippen MR) is 98.2 cm³/mol. The van der Waals surface area contributed by atoms with Crippen molar-refractivity contribution < 1.29 is 8.78 Å². The Hall–Kier alpha value is -3.16. The number of halogens is 2. The third-order valence-corrected chi connectivity index (χ3v) is 4.84. The first-order chi connectivity index (χ1) is 13.1. The van der Waals surface area contributed by atoms with Crippen LogP contribution >= 0.6 is 0 Å². The minimum Gasteiger partial charge on any atom is -0.384 e. The zero-order chi connectivity index (χ0) is 18.9. The van der Waals surface area contributed by atoms with Crippen LogP contribution < -0.4 is 11.1 Å². The lowest BCUT2D eigenvalue weighted by Crippen LogP contribution is -2.49. The molecule has 6 nitrogen and oxygen atoms in total. The maximum absolute atomic E-state index is 14.2. The van der Waals surface area contributed by atoms with Gasteiger partial charge in [-0.2, -0.15) is 0 Å². The molecule has 138 valence electrons. The van der Waals surface area contributed by atoms with Gasteiger partial charge in [0.25, 0.3) is 0 Å². The van der Waals surface area contributed by atoms with Crippen molar-refractivity contribution in [2.24, 2.45) is 0 Å². The largest absolute Gasteiger partial charge is 0.384 e. The highest BCUT2D eigenvalue weighted by Gasteiger charge is 2.48. The van der Waals surface area contributed by atoms with Gasteiger partial charge < -0.3 is 11.1 Å². The number of anilines is 2. The summed E-state index contributed by atoms with van der Waals surface area (Å²) in [5.74, 6) is 0.412. The number of aromatic nitrogens is 4. The van der Waals surface area contributed by atoms with Gasteiger partial charge in [0.05, 0.1) is 5.69 Å². The molecule has 1 aliphatic carbocycles. The summed E-state index contributed by atoms with van der Waals surface area (Å²) in [6, 6.07) is 6.42. The van der Waals surface area contributed by atoms with E-state index in [1.807, 2.05) is 6.07 Å². The van der Waals surface area contributed by atoms with E-state index in [2.05, 4.69) is 25.3 Å². The number of nitrogens with two attached hydrogens (primary N) is 1. The molecule has 3 aromatic rings. The first-order valence-corrected chi connectivity index (χ1v) is 8.59. The van der Waals surface area contributed by atoms with Crippen molar-refractivity contribution in [2.75, 3.05) is 17.6 Å². The fourth-order valence-corrected chi connectivity index (χ4v) is 3.38. The van der Waals surface area contributed by atoms with Crippen molar-refractivity contribution in [1.29, 1.82) is 0 Å². The van der Waals surface area contributed by atoms with Crippen LogP contribution in [-0.4, -0.2) is 32.7 Å². The van der Waals surface area contributed by atoms with Crippen LogP contribution in [0.15, 0.2) is 49.1 Å². The van der Waals surface area contributed by atoms with Crippen molar-refractivity contribution in [1.82, 2.24) is 19.9 Å². The number of nitrogens with zero attached hydrogens (tertiary/aromatic N) is 4. The maximum atomic E-state index is 14.2. The average molecular weight is 368 g/mol. The summed E-state index contributed by atoms with van der Waals surface area (Å²) in [5, 5.41) is 3.09. The molecule has 0 atom stereocenters. The molecule has 27 heavy (non-hydrogen) atoms. The fraction of sp³-hybridized carbons (Fsp3) is 0.263. The number of pyridine rings is 2. The second-order valence-corrected chi connectivity index (χ2v) is 6.74. The van der Waals surface area contributed by atoms with Crippen molar-refractivity contribution >= 4 is 11.8 Å². The molecule has 0 unspecified atom stereocenters.